The smallest absolute Gasteiger partial charge is 0.168 e. The monoisotopic (exact) mass is 257 g/mol. The van der Waals surface area contributed by atoms with Crippen molar-refractivity contribution in [2.24, 2.45) is 5.92 Å². The van der Waals surface area contributed by atoms with E-state index in [1.807, 2.05) is 6.20 Å². The number of aromatic nitrogens is 1. The lowest BCUT2D eigenvalue weighted by Gasteiger charge is -2.12. The third kappa shape index (κ3) is 2.89. The van der Waals surface area contributed by atoms with E-state index < -0.39 is 0 Å². The van der Waals surface area contributed by atoms with Gasteiger partial charge in [0.2, 0.25) is 0 Å². The molecule has 1 aromatic heterocycles. The van der Waals surface area contributed by atoms with E-state index in [0.717, 1.165) is 42.1 Å². The predicted octanol–water partition coefficient (Wildman–Crippen LogP) is 4.88. The number of hydrogen-bond acceptors (Lipinski definition) is 1. The highest BCUT2D eigenvalue weighted by Crippen LogP contribution is 2.25. The molecule has 1 aromatic carbocycles. The average molecular weight is 257 g/mol. The van der Waals surface area contributed by atoms with Crippen LogP contribution in [-0.4, -0.2) is 10.8 Å². The summed E-state index contributed by atoms with van der Waals surface area (Å²) in [5.41, 5.74) is 3.11. The van der Waals surface area contributed by atoms with Crippen molar-refractivity contribution >= 4 is 16.7 Å². The summed E-state index contributed by atoms with van der Waals surface area (Å²) < 4.78 is 0. The van der Waals surface area contributed by atoms with Crippen LogP contribution in [0.25, 0.3) is 10.9 Å². The molecule has 1 atom stereocenters. The summed E-state index contributed by atoms with van der Waals surface area (Å²) in [7, 11) is 0. The number of nitrogens with one attached hydrogen (secondary N) is 1. The number of aryl methyl sites for hydroxylation is 1. The van der Waals surface area contributed by atoms with Gasteiger partial charge in [-0.3, -0.25) is 4.79 Å². The van der Waals surface area contributed by atoms with Gasteiger partial charge in [-0.2, -0.15) is 0 Å². The number of fused-ring (bicyclic) bond motifs is 1. The lowest BCUT2D eigenvalue weighted by atomic mass is 9.90. The Morgan fingerprint density at radius 2 is 2.11 bits per heavy atom. The van der Waals surface area contributed by atoms with Crippen molar-refractivity contribution in [3.05, 3.63) is 35.5 Å². The molecular weight excluding hydrogens is 234 g/mol. The molecule has 102 valence electrons. The molecule has 0 bridgehead atoms. The second-order valence-electron chi connectivity index (χ2n) is 5.36. The molecule has 2 aromatic rings. The molecule has 0 radical (unpaired) electrons. The van der Waals surface area contributed by atoms with E-state index in [4.69, 9.17) is 0 Å². The number of benzene rings is 1. The van der Waals surface area contributed by atoms with E-state index in [9.17, 15) is 4.79 Å². The maximum Gasteiger partial charge on any atom is 0.168 e. The molecule has 2 rings (SSSR count). The molecule has 2 heteroatoms. The zero-order valence-electron chi connectivity index (χ0n) is 12.1. The summed E-state index contributed by atoms with van der Waals surface area (Å²) in [5.74, 6) is 0.465. The van der Waals surface area contributed by atoms with Gasteiger partial charge in [-0.15, -0.1) is 0 Å². The van der Waals surface area contributed by atoms with Crippen LogP contribution in [0.15, 0.2) is 24.4 Å². The van der Waals surface area contributed by atoms with Crippen molar-refractivity contribution in [3.8, 4) is 0 Å². The van der Waals surface area contributed by atoms with Crippen LogP contribution < -0.4 is 0 Å². The molecule has 0 saturated carbocycles. The number of unbranched alkanes of at least 4 members (excludes halogenated alkanes) is 1. The minimum absolute atomic E-state index is 0.166. The van der Waals surface area contributed by atoms with Gasteiger partial charge in [0.1, 0.15) is 0 Å². The number of ketones is 1. The molecule has 0 fully saturated rings. The molecular formula is C17H23NO. The van der Waals surface area contributed by atoms with Crippen LogP contribution in [0.3, 0.4) is 0 Å². The second-order valence-corrected chi connectivity index (χ2v) is 5.36. The standard InChI is InChI=1S/C17H23NO/c1-4-6-7-13(5-2)17(19)15-11-18-16-9-8-12(3)10-14(15)16/h8-11,13,18H,4-7H2,1-3H3. The molecule has 0 aliphatic heterocycles. The quantitative estimate of drug-likeness (QED) is 0.735. The fraction of sp³-hybridized carbons (Fsp3) is 0.471. The molecule has 0 saturated heterocycles. The van der Waals surface area contributed by atoms with Gasteiger partial charge in [0, 0.05) is 28.6 Å². The Kier molecular flexibility index (Phi) is 4.41. The minimum Gasteiger partial charge on any atom is -0.360 e. The second kappa shape index (κ2) is 6.05. The first-order valence-corrected chi connectivity index (χ1v) is 7.29. The van der Waals surface area contributed by atoms with Gasteiger partial charge in [-0.25, -0.2) is 0 Å². The van der Waals surface area contributed by atoms with Crippen LogP contribution in [0, 0.1) is 12.8 Å². The van der Waals surface area contributed by atoms with Crippen LogP contribution in [-0.2, 0) is 0 Å². The fourth-order valence-corrected chi connectivity index (χ4v) is 2.63. The maximum absolute atomic E-state index is 12.6. The Morgan fingerprint density at radius 3 is 2.79 bits per heavy atom. The Balaban J connectivity index is 2.32. The summed E-state index contributed by atoms with van der Waals surface area (Å²) in [4.78, 5) is 15.9. The Hall–Kier alpha value is -1.57. The van der Waals surface area contributed by atoms with E-state index in [1.54, 1.807) is 0 Å². The first-order valence-electron chi connectivity index (χ1n) is 7.29. The van der Waals surface area contributed by atoms with Crippen LogP contribution >= 0.6 is 0 Å². The third-order valence-electron chi connectivity index (χ3n) is 3.87. The summed E-state index contributed by atoms with van der Waals surface area (Å²) >= 11 is 0. The van der Waals surface area contributed by atoms with Crippen LogP contribution in [0.2, 0.25) is 0 Å². The topological polar surface area (TPSA) is 32.9 Å². The zero-order valence-corrected chi connectivity index (χ0v) is 12.1. The minimum atomic E-state index is 0.166. The van der Waals surface area contributed by atoms with Crippen molar-refractivity contribution in [2.75, 3.05) is 0 Å². The molecule has 1 N–H and O–H groups in total. The van der Waals surface area contributed by atoms with Gasteiger partial charge in [0.15, 0.2) is 5.78 Å². The summed E-state index contributed by atoms with van der Waals surface area (Å²) in [6.45, 7) is 6.35. The van der Waals surface area contributed by atoms with Gasteiger partial charge >= 0.3 is 0 Å². The number of carbonyl (C=O) groups is 1. The number of rotatable bonds is 6. The van der Waals surface area contributed by atoms with Crippen LogP contribution in [0.5, 0.6) is 0 Å². The van der Waals surface area contributed by atoms with Crippen LogP contribution in [0.4, 0.5) is 0 Å². The third-order valence-corrected chi connectivity index (χ3v) is 3.87. The molecule has 0 amide bonds. The van der Waals surface area contributed by atoms with E-state index in [2.05, 4.69) is 44.0 Å². The van der Waals surface area contributed by atoms with E-state index >= 15 is 0 Å². The maximum atomic E-state index is 12.6. The molecule has 0 aliphatic carbocycles. The lowest BCUT2D eigenvalue weighted by molar-refractivity contribution is 0.0910. The summed E-state index contributed by atoms with van der Waals surface area (Å²) in [6, 6.07) is 6.22. The Morgan fingerprint density at radius 1 is 1.32 bits per heavy atom. The molecule has 19 heavy (non-hydrogen) atoms. The van der Waals surface area contributed by atoms with Crippen molar-refractivity contribution in [1.82, 2.24) is 4.98 Å². The number of H-pyrrole nitrogens is 1. The molecule has 1 unspecified atom stereocenters. The van der Waals surface area contributed by atoms with Crippen molar-refractivity contribution in [2.45, 2.75) is 46.5 Å². The zero-order chi connectivity index (χ0) is 13.8. The molecule has 2 nitrogen and oxygen atoms in total. The largest absolute Gasteiger partial charge is 0.360 e. The average Bonchev–Trinajstić information content (AvgIpc) is 2.82. The molecule has 0 spiro atoms. The van der Waals surface area contributed by atoms with Crippen molar-refractivity contribution in [3.63, 3.8) is 0 Å². The van der Waals surface area contributed by atoms with E-state index in [0.29, 0.717) is 5.78 Å². The summed E-state index contributed by atoms with van der Waals surface area (Å²) in [5, 5.41) is 1.07. The van der Waals surface area contributed by atoms with Gasteiger partial charge < -0.3 is 4.98 Å². The first-order chi connectivity index (χ1) is 9.17. The number of hydrogen-bond donors (Lipinski definition) is 1. The van der Waals surface area contributed by atoms with Crippen LogP contribution in [0.1, 0.15) is 55.5 Å². The van der Waals surface area contributed by atoms with Crippen molar-refractivity contribution < 1.29 is 4.79 Å². The normalized spacial score (nSPS) is 12.8. The van der Waals surface area contributed by atoms with Crippen molar-refractivity contribution in [1.29, 1.82) is 0 Å². The Bertz CT molecular complexity index is 568. The number of Topliss-reactive ketones (excluding diaryl/α,β-unsaturated/α-hetero) is 1. The Labute approximate surface area is 115 Å². The molecule has 0 aliphatic rings. The number of carbonyl (C=O) groups excluding carboxylic acids is 1. The highest BCUT2D eigenvalue weighted by atomic mass is 16.1. The highest BCUT2D eigenvalue weighted by Gasteiger charge is 2.20. The molecule has 1 heterocycles. The van der Waals surface area contributed by atoms with Gasteiger partial charge in [-0.05, 0) is 31.9 Å². The predicted molar refractivity (Wildman–Crippen MR) is 80.7 cm³/mol. The van der Waals surface area contributed by atoms with E-state index in [-0.39, 0.29) is 5.92 Å². The number of aromatic amines is 1. The SMILES string of the molecule is CCCCC(CC)C(=O)c1c[nH]c2ccc(C)cc12. The fourth-order valence-electron chi connectivity index (χ4n) is 2.63. The van der Waals surface area contributed by atoms with Gasteiger partial charge in [-0.1, -0.05) is 38.3 Å². The lowest BCUT2D eigenvalue weighted by Crippen LogP contribution is -2.13. The van der Waals surface area contributed by atoms with Gasteiger partial charge in [0.25, 0.3) is 0 Å². The van der Waals surface area contributed by atoms with Gasteiger partial charge in [0.05, 0.1) is 0 Å². The van der Waals surface area contributed by atoms with E-state index in [1.165, 1.54) is 5.56 Å². The summed E-state index contributed by atoms with van der Waals surface area (Å²) in [6.07, 6.45) is 6.09. The first kappa shape index (κ1) is 13.9. The highest BCUT2D eigenvalue weighted by molar-refractivity contribution is 6.09.